The lowest BCUT2D eigenvalue weighted by Crippen LogP contribution is -1.91. The Morgan fingerprint density at radius 1 is 1.14 bits per heavy atom. The number of hydrogen-bond donors (Lipinski definition) is 1. The summed E-state index contributed by atoms with van der Waals surface area (Å²) in [7, 11) is 0. The van der Waals surface area contributed by atoms with Crippen LogP contribution in [0.2, 0.25) is 0 Å². The molecule has 102 valence electrons. The van der Waals surface area contributed by atoms with Crippen molar-refractivity contribution in [3.63, 3.8) is 0 Å². The average molecular weight is 274 g/mol. The molecular weight excluding hydrogens is 260 g/mol. The molecule has 0 amide bonds. The second kappa shape index (κ2) is 5.51. The second-order valence-electron chi connectivity index (χ2n) is 4.69. The van der Waals surface area contributed by atoms with Crippen LogP contribution >= 0.6 is 0 Å². The van der Waals surface area contributed by atoms with E-state index in [9.17, 15) is 5.26 Å². The predicted molar refractivity (Wildman–Crippen MR) is 84.5 cm³/mol. The van der Waals surface area contributed by atoms with Crippen LogP contribution < -0.4 is 5.43 Å². The maximum Gasteiger partial charge on any atom is 0.128 e. The summed E-state index contributed by atoms with van der Waals surface area (Å²) in [5, 5.41) is 13.6. The first-order valence-electron chi connectivity index (χ1n) is 6.65. The zero-order valence-electron chi connectivity index (χ0n) is 11.6. The highest BCUT2D eigenvalue weighted by molar-refractivity contribution is 5.93. The molecule has 0 unspecified atom stereocenters. The van der Waals surface area contributed by atoms with Gasteiger partial charge >= 0.3 is 0 Å². The maximum absolute atomic E-state index is 9.30. The van der Waals surface area contributed by atoms with E-state index in [0.717, 1.165) is 22.3 Å². The molecular formula is C17H14N4. The van der Waals surface area contributed by atoms with E-state index in [1.165, 1.54) is 0 Å². The van der Waals surface area contributed by atoms with E-state index in [-0.39, 0.29) is 0 Å². The fraction of sp³-hybridized carbons (Fsp3) is 0.0588. The van der Waals surface area contributed by atoms with Crippen molar-refractivity contribution in [2.24, 2.45) is 5.10 Å². The number of benzene rings is 1. The van der Waals surface area contributed by atoms with Gasteiger partial charge in [0.15, 0.2) is 0 Å². The maximum atomic E-state index is 9.30. The van der Waals surface area contributed by atoms with E-state index < -0.39 is 0 Å². The number of hydrazone groups is 1. The van der Waals surface area contributed by atoms with Crippen LogP contribution in [0.25, 0.3) is 5.52 Å². The monoisotopic (exact) mass is 274 g/mol. The number of anilines is 1. The Balaban J connectivity index is 1.98. The van der Waals surface area contributed by atoms with Gasteiger partial charge in [0.1, 0.15) is 11.8 Å². The van der Waals surface area contributed by atoms with Gasteiger partial charge < -0.3 is 4.40 Å². The van der Waals surface area contributed by atoms with E-state index in [2.05, 4.69) is 16.6 Å². The standard InChI is InChI=1S/C17H14N4/c1-13-15(12-19-20-14-7-3-2-4-8-14)16-9-5-6-10-21(16)17(13)11-18/h2-10,12,20H,1H3/b19-12+. The summed E-state index contributed by atoms with van der Waals surface area (Å²) >= 11 is 0. The number of fused-ring (bicyclic) bond motifs is 1. The molecule has 3 rings (SSSR count). The summed E-state index contributed by atoms with van der Waals surface area (Å²) in [6, 6.07) is 17.9. The first-order chi connectivity index (χ1) is 10.3. The summed E-state index contributed by atoms with van der Waals surface area (Å²) in [5.74, 6) is 0. The molecule has 2 aromatic heterocycles. The smallest absolute Gasteiger partial charge is 0.128 e. The third kappa shape index (κ3) is 2.37. The van der Waals surface area contributed by atoms with Crippen LogP contribution in [0, 0.1) is 18.3 Å². The van der Waals surface area contributed by atoms with E-state index >= 15 is 0 Å². The molecule has 0 aliphatic carbocycles. The Bertz CT molecular complexity index is 838. The third-order valence-electron chi connectivity index (χ3n) is 3.40. The number of rotatable bonds is 3. The van der Waals surface area contributed by atoms with Crippen molar-refractivity contribution in [1.29, 1.82) is 5.26 Å². The van der Waals surface area contributed by atoms with Crippen LogP contribution in [0.5, 0.6) is 0 Å². The van der Waals surface area contributed by atoms with Crippen LogP contribution in [0.15, 0.2) is 59.8 Å². The molecule has 0 spiro atoms. The summed E-state index contributed by atoms with van der Waals surface area (Å²) < 4.78 is 1.89. The molecule has 4 heteroatoms. The van der Waals surface area contributed by atoms with Crippen molar-refractivity contribution >= 4 is 17.4 Å². The number of nitrogens with one attached hydrogen (secondary N) is 1. The van der Waals surface area contributed by atoms with E-state index in [4.69, 9.17) is 0 Å². The minimum Gasteiger partial charge on any atom is -0.307 e. The predicted octanol–water partition coefficient (Wildman–Crippen LogP) is 3.57. The Hall–Kier alpha value is -3.06. The Labute approximate surface area is 123 Å². The number of nitriles is 1. The number of hydrogen-bond acceptors (Lipinski definition) is 3. The minimum absolute atomic E-state index is 0.645. The van der Waals surface area contributed by atoms with Crippen molar-refractivity contribution in [3.8, 4) is 6.07 Å². The van der Waals surface area contributed by atoms with Gasteiger partial charge in [0.2, 0.25) is 0 Å². The van der Waals surface area contributed by atoms with Crippen molar-refractivity contribution in [3.05, 3.63) is 71.5 Å². The highest BCUT2D eigenvalue weighted by Gasteiger charge is 2.12. The minimum atomic E-state index is 0.645. The molecule has 0 fully saturated rings. The molecule has 0 aliphatic heterocycles. The summed E-state index contributed by atoms with van der Waals surface area (Å²) in [6.45, 7) is 1.94. The van der Waals surface area contributed by atoms with E-state index in [0.29, 0.717) is 5.69 Å². The molecule has 0 bridgehead atoms. The van der Waals surface area contributed by atoms with E-state index in [1.54, 1.807) is 6.21 Å². The van der Waals surface area contributed by atoms with Crippen molar-refractivity contribution in [1.82, 2.24) is 4.40 Å². The van der Waals surface area contributed by atoms with E-state index in [1.807, 2.05) is 66.1 Å². The van der Waals surface area contributed by atoms with Crippen LogP contribution in [0.1, 0.15) is 16.8 Å². The number of aromatic nitrogens is 1. The zero-order valence-corrected chi connectivity index (χ0v) is 11.6. The van der Waals surface area contributed by atoms with Gasteiger partial charge in [0.25, 0.3) is 0 Å². The van der Waals surface area contributed by atoms with Gasteiger partial charge in [-0.25, -0.2) is 0 Å². The van der Waals surface area contributed by atoms with Crippen molar-refractivity contribution < 1.29 is 0 Å². The van der Waals surface area contributed by atoms with Crippen LogP contribution in [0.4, 0.5) is 5.69 Å². The lowest BCUT2D eigenvalue weighted by Gasteiger charge is -1.98. The Morgan fingerprint density at radius 2 is 1.90 bits per heavy atom. The first-order valence-corrected chi connectivity index (χ1v) is 6.65. The van der Waals surface area contributed by atoms with Crippen molar-refractivity contribution in [2.75, 3.05) is 5.43 Å². The van der Waals surface area contributed by atoms with Gasteiger partial charge in [-0.05, 0) is 36.8 Å². The van der Waals surface area contributed by atoms with Gasteiger partial charge in [-0.2, -0.15) is 10.4 Å². The molecule has 0 aliphatic rings. The molecule has 0 saturated heterocycles. The largest absolute Gasteiger partial charge is 0.307 e. The number of nitrogens with zero attached hydrogens (tertiary/aromatic N) is 3. The molecule has 21 heavy (non-hydrogen) atoms. The lowest BCUT2D eigenvalue weighted by molar-refractivity contribution is 1.14. The number of pyridine rings is 1. The lowest BCUT2D eigenvalue weighted by atomic mass is 10.1. The van der Waals surface area contributed by atoms with Crippen LogP contribution in [-0.2, 0) is 0 Å². The van der Waals surface area contributed by atoms with Gasteiger partial charge in [-0.15, -0.1) is 0 Å². The quantitative estimate of drug-likeness (QED) is 0.586. The molecule has 3 aromatic rings. The van der Waals surface area contributed by atoms with Gasteiger partial charge in [0, 0.05) is 11.8 Å². The highest BCUT2D eigenvalue weighted by Crippen LogP contribution is 2.21. The van der Waals surface area contributed by atoms with Crippen molar-refractivity contribution in [2.45, 2.75) is 6.92 Å². The summed E-state index contributed by atoms with van der Waals surface area (Å²) in [6.07, 6.45) is 3.65. The van der Waals surface area contributed by atoms with Crippen LogP contribution in [0.3, 0.4) is 0 Å². The molecule has 2 heterocycles. The Morgan fingerprint density at radius 3 is 2.67 bits per heavy atom. The molecule has 0 saturated carbocycles. The van der Waals surface area contributed by atoms with Crippen LogP contribution in [-0.4, -0.2) is 10.6 Å². The highest BCUT2D eigenvalue weighted by atomic mass is 15.3. The zero-order chi connectivity index (χ0) is 14.7. The molecule has 1 N–H and O–H groups in total. The van der Waals surface area contributed by atoms with Gasteiger partial charge in [0.05, 0.1) is 17.4 Å². The molecule has 1 aromatic carbocycles. The van der Waals surface area contributed by atoms with Gasteiger partial charge in [-0.1, -0.05) is 24.3 Å². The summed E-state index contributed by atoms with van der Waals surface area (Å²) in [5.41, 5.74) is 7.43. The normalized spacial score (nSPS) is 10.9. The third-order valence-corrected chi connectivity index (χ3v) is 3.40. The second-order valence-corrected chi connectivity index (χ2v) is 4.69. The average Bonchev–Trinajstić information content (AvgIpc) is 2.80. The fourth-order valence-electron chi connectivity index (χ4n) is 2.34. The fourth-order valence-corrected chi connectivity index (χ4v) is 2.34. The SMILES string of the molecule is Cc1c(/C=N/Nc2ccccc2)c2ccccn2c1C#N. The van der Waals surface area contributed by atoms with Gasteiger partial charge in [-0.3, -0.25) is 5.43 Å². The first kappa shape index (κ1) is 12.9. The Kier molecular flexibility index (Phi) is 3.40. The molecule has 0 atom stereocenters. The molecule has 0 radical (unpaired) electrons. The number of para-hydroxylation sites is 1. The molecule has 4 nitrogen and oxygen atoms in total. The topological polar surface area (TPSA) is 52.6 Å². The summed E-state index contributed by atoms with van der Waals surface area (Å²) in [4.78, 5) is 0.